The molecule has 1 saturated heterocycles. The van der Waals surface area contributed by atoms with E-state index in [4.69, 9.17) is 9.94 Å². The zero-order valence-corrected chi connectivity index (χ0v) is 14.9. The van der Waals surface area contributed by atoms with Crippen LogP contribution in [0.5, 0.6) is 5.75 Å². The van der Waals surface area contributed by atoms with Crippen LogP contribution in [0.1, 0.15) is 28.8 Å². The molecule has 0 atom stereocenters. The van der Waals surface area contributed by atoms with Gasteiger partial charge in [0.15, 0.2) is 0 Å². The third-order valence-corrected chi connectivity index (χ3v) is 4.49. The van der Waals surface area contributed by atoms with Crippen molar-refractivity contribution in [2.75, 3.05) is 13.1 Å². The number of likely N-dealkylation sites (tertiary alicyclic amines) is 1. The largest absolute Gasteiger partial charge is 0.490 e. The molecule has 140 valence electrons. The summed E-state index contributed by atoms with van der Waals surface area (Å²) in [7, 11) is 0. The van der Waals surface area contributed by atoms with Crippen LogP contribution in [0.4, 0.5) is 0 Å². The normalized spacial score (nSPS) is 14.9. The second-order valence-corrected chi connectivity index (χ2v) is 6.32. The summed E-state index contributed by atoms with van der Waals surface area (Å²) >= 11 is 0. The first kappa shape index (κ1) is 18.7. The second kappa shape index (κ2) is 9.00. The number of ether oxygens (including phenoxy) is 1. The maximum absolute atomic E-state index is 12.5. The Hall–Kier alpha value is -3.12. The maximum atomic E-state index is 12.5. The lowest BCUT2D eigenvalue weighted by Crippen LogP contribution is -2.41. The van der Waals surface area contributed by atoms with Crippen molar-refractivity contribution in [2.45, 2.75) is 18.9 Å². The van der Waals surface area contributed by atoms with Crippen LogP contribution in [0.25, 0.3) is 6.08 Å². The predicted octanol–water partition coefficient (Wildman–Crippen LogP) is 2.89. The molecule has 6 heteroatoms. The van der Waals surface area contributed by atoms with Gasteiger partial charge in [-0.3, -0.25) is 14.8 Å². The van der Waals surface area contributed by atoms with Gasteiger partial charge in [-0.25, -0.2) is 5.48 Å². The number of nitrogens with one attached hydrogen (secondary N) is 1. The number of hydrogen-bond acceptors (Lipinski definition) is 4. The molecule has 2 aromatic rings. The Kier molecular flexibility index (Phi) is 6.22. The van der Waals surface area contributed by atoms with E-state index in [0.717, 1.165) is 18.4 Å². The first-order chi connectivity index (χ1) is 13.2. The molecule has 0 unspecified atom stereocenters. The summed E-state index contributed by atoms with van der Waals surface area (Å²) in [6, 6.07) is 16.7. The fourth-order valence-corrected chi connectivity index (χ4v) is 3.05. The lowest BCUT2D eigenvalue weighted by Gasteiger charge is -2.32. The summed E-state index contributed by atoms with van der Waals surface area (Å²) < 4.78 is 6.10. The number of nitrogens with zero attached hydrogens (tertiary/aromatic N) is 1. The lowest BCUT2D eigenvalue weighted by atomic mass is 10.1. The van der Waals surface area contributed by atoms with Crippen molar-refractivity contribution >= 4 is 17.9 Å². The van der Waals surface area contributed by atoms with E-state index in [0.29, 0.717) is 24.4 Å². The Morgan fingerprint density at radius 3 is 2.41 bits per heavy atom. The molecule has 2 N–H and O–H groups in total. The zero-order valence-electron chi connectivity index (χ0n) is 14.9. The fraction of sp³-hybridized carbons (Fsp3) is 0.238. The topological polar surface area (TPSA) is 78.9 Å². The van der Waals surface area contributed by atoms with Gasteiger partial charge >= 0.3 is 0 Å². The molecule has 1 aliphatic heterocycles. The molecule has 3 rings (SSSR count). The summed E-state index contributed by atoms with van der Waals surface area (Å²) in [5, 5.41) is 8.58. The van der Waals surface area contributed by atoms with Gasteiger partial charge in [0.1, 0.15) is 11.9 Å². The van der Waals surface area contributed by atoms with Crippen molar-refractivity contribution in [1.29, 1.82) is 0 Å². The van der Waals surface area contributed by atoms with Crippen molar-refractivity contribution < 1.29 is 19.5 Å². The number of carbonyl (C=O) groups excluding carboxylic acids is 2. The molecule has 0 bridgehead atoms. The maximum Gasteiger partial charge on any atom is 0.267 e. The Morgan fingerprint density at radius 1 is 1.04 bits per heavy atom. The zero-order chi connectivity index (χ0) is 19.1. The Labute approximate surface area is 158 Å². The quantitative estimate of drug-likeness (QED) is 0.484. The highest BCUT2D eigenvalue weighted by molar-refractivity contribution is 5.94. The minimum atomic E-state index is -0.600. The highest BCUT2D eigenvalue weighted by Gasteiger charge is 2.24. The van der Waals surface area contributed by atoms with Gasteiger partial charge in [0.2, 0.25) is 0 Å². The molecule has 2 amide bonds. The minimum absolute atomic E-state index is 0.00559. The molecule has 1 fully saturated rings. The molecule has 0 aliphatic carbocycles. The van der Waals surface area contributed by atoms with Gasteiger partial charge in [-0.1, -0.05) is 36.4 Å². The number of amides is 2. The van der Waals surface area contributed by atoms with E-state index in [1.807, 2.05) is 59.5 Å². The highest BCUT2D eigenvalue weighted by atomic mass is 16.5. The SMILES string of the molecule is O=C(/C=C/c1ccccc1OC1CCN(C(=O)c2ccccc2)CC1)NO. The molecule has 0 aromatic heterocycles. The smallest absolute Gasteiger partial charge is 0.267 e. The number of benzene rings is 2. The number of piperidine rings is 1. The monoisotopic (exact) mass is 366 g/mol. The van der Waals surface area contributed by atoms with Crippen LogP contribution in [-0.2, 0) is 4.79 Å². The van der Waals surface area contributed by atoms with Crippen molar-refractivity contribution in [2.24, 2.45) is 0 Å². The third-order valence-electron chi connectivity index (χ3n) is 4.49. The van der Waals surface area contributed by atoms with E-state index in [9.17, 15) is 9.59 Å². The van der Waals surface area contributed by atoms with Crippen LogP contribution in [0.15, 0.2) is 60.7 Å². The van der Waals surface area contributed by atoms with Crippen LogP contribution >= 0.6 is 0 Å². The Morgan fingerprint density at radius 2 is 1.70 bits per heavy atom. The second-order valence-electron chi connectivity index (χ2n) is 6.32. The third kappa shape index (κ3) is 4.95. The van der Waals surface area contributed by atoms with Gasteiger partial charge in [0.05, 0.1) is 0 Å². The van der Waals surface area contributed by atoms with Crippen LogP contribution in [0.2, 0.25) is 0 Å². The molecular weight excluding hydrogens is 344 g/mol. The first-order valence-electron chi connectivity index (χ1n) is 8.89. The highest BCUT2D eigenvalue weighted by Crippen LogP contribution is 2.24. The van der Waals surface area contributed by atoms with Crippen molar-refractivity contribution in [3.05, 3.63) is 71.8 Å². The van der Waals surface area contributed by atoms with Crippen molar-refractivity contribution in [3.63, 3.8) is 0 Å². The van der Waals surface area contributed by atoms with Gasteiger partial charge in [-0.05, 0) is 24.3 Å². The number of carbonyl (C=O) groups is 2. The number of hydroxylamine groups is 1. The van der Waals surface area contributed by atoms with Crippen LogP contribution in [0.3, 0.4) is 0 Å². The summed E-state index contributed by atoms with van der Waals surface area (Å²) in [6.07, 6.45) is 4.32. The number of hydrogen-bond donors (Lipinski definition) is 2. The lowest BCUT2D eigenvalue weighted by molar-refractivity contribution is -0.124. The van der Waals surface area contributed by atoms with Crippen molar-refractivity contribution in [1.82, 2.24) is 10.4 Å². The summed E-state index contributed by atoms with van der Waals surface area (Å²) in [6.45, 7) is 1.28. The average Bonchev–Trinajstić information content (AvgIpc) is 2.73. The van der Waals surface area contributed by atoms with Gasteiger partial charge in [0, 0.05) is 43.1 Å². The standard InChI is InChI=1S/C21H22N2O4/c24-20(22-26)11-10-16-6-4-5-9-19(16)27-18-12-14-23(15-13-18)21(25)17-7-2-1-3-8-17/h1-11,18,26H,12-15H2,(H,22,24)/b11-10+. The molecular formula is C21H22N2O4. The van der Waals surface area contributed by atoms with Gasteiger partial charge in [0.25, 0.3) is 11.8 Å². The predicted molar refractivity (Wildman–Crippen MR) is 101 cm³/mol. The van der Waals surface area contributed by atoms with E-state index >= 15 is 0 Å². The van der Waals surface area contributed by atoms with Gasteiger partial charge in [-0.2, -0.15) is 0 Å². The van der Waals surface area contributed by atoms with Crippen molar-refractivity contribution in [3.8, 4) is 5.75 Å². The minimum Gasteiger partial charge on any atom is -0.490 e. The van der Waals surface area contributed by atoms with Gasteiger partial charge in [-0.15, -0.1) is 0 Å². The molecule has 27 heavy (non-hydrogen) atoms. The van der Waals surface area contributed by atoms with E-state index in [1.165, 1.54) is 6.08 Å². The molecule has 0 radical (unpaired) electrons. The van der Waals surface area contributed by atoms with Gasteiger partial charge < -0.3 is 9.64 Å². The molecule has 2 aromatic carbocycles. The molecule has 6 nitrogen and oxygen atoms in total. The number of rotatable bonds is 5. The average molecular weight is 366 g/mol. The Bertz CT molecular complexity index is 812. The van der Waals surface area contributed by atoms with E-state index in [2.05, 4.69) is 0 Å². The van der Waals surface area contributed by atoms with Crippen LogP contribution in [-0.4, -0.2) is 41.1 Å². The van der Waals surface area contributed by atoms with E-state index < -0.39 is 5.91 Å². The number of para-hydroxylation sites is 1. The molecule has 0 saturated carbocycles. The molecule has 1 heterocycles. The summed E-state index contributed by atoms with van der Waals surface area (Å²) in [5.41, 5.74) is 3.02. The molecule has 0 spiro atoms. The summed E-state index contributed by atoms with van der Waals surface area (Å²) in [5.74, 6) is 0.122. The first-order valence-corrected chi connectivity index (χ1v) is 8.89. The van der Waals surface area contributed by atoms with Crippen LogP contribution in [0, 0.1) is 0 Å². The van der Waals surface area contributed by atoms with E-state index in [-0.39, 0.29) is 12.0 Å². The summed E-state index contributed by atoms with van der Waals surface area (Å²) in [4.78, 5) is 25.5. The molecule has 1 aliphatic rings. The van der Waals surface area contributed by atoms with E-state index in [1.54, 1.807) is 11.6 Å². The Balaban J connectivity index is 1.59. The fourth-order valence-electron chi connectivity index (χ4n) is 3.05. The van der Waals surface area contributed by atoms with Crippen LogP contribution < -0.4 is 10.2 Å².